The Morgan fingerprint density at radius 2 is 1.72 bits per heavy atom. The predicted octanol–water partition coefficient (Wildman–Crippen LogP) is 2.43. The smallest absolute Gasteiger partial charge is 0.362 e. The molecule has 3 rings (SSSR count). The van der Waals surface area contributed by atoms with Gasteiger partial charge in [0.05, 0.1) is 21.2 Å². The molecule has 1 fully saturated rings. The molecule has 0 N–H and O–H groups in total. The van der Waals surface area contributed by atoms with Gasteiger partial charge < -0.3 is 30.9 Å². The van der Waals surface area contributed by atoms with Crippen LogP contribution >= 0.6 is 0 Å². The molecule has 32 heavy (non-hydrogen) atoms. The van der Waals surface area contributed by atoms with Gasteiger partial charge in [-0.25, -0.2) is 4.79 Å². The van der Waals surface area contributed by atoms with Crippen molar-refractivity contribution in [1.29, 1.82) is 0 Å². The third-order valence-electron chi connectivity index (χ3n) is 6.68. The van der Waals surface area contributed by atoms with Crippen molar-refractivity contribution in [3.8, 4) is 5.75 Å². The molecular formula is C27H38BrNO3. The monoisotopic (exact) mass is 503 g/mol. The highest BCUT2D eigenvalue weighted by molar-refractivity contribution is 5.70. The lowest BCUT2D eigenvalue weighted by molar-refractivity contribution is -0.896. The molecule has 4 atom stereocenters. The molecular weight excluding hydrogens is 466 g/mol. The Bertz CT molecular complexity index is 838. The molecule has 2 aromatic carbocycles. The fourth-order valence-corrected chi connectivity index (χ4v) is 4.90. The van der Waals surface area contributed by atoms with Gasteiger partial charge in [0, 0.05) is 11.5 Å². The number of quaternary nitrogens is 1. The number of ether oxygens (including phenoxy) is 2. The first-order chi connectivity index (χ1) is 14.8. The van der Waals surface area contributed by atoms with Crippen LogP contribution in [-0.4, -0.2) is 44.3 Å². The number of esters is 1. The number of hydrogen-bond donors (Lipinski definition) is 0. The summed E-state index contributed by atoms with van der Waals surface area (Å²) in [5.74, 6) is 2.10. The largest absolute Gasteiger partial charge is 1.00 e. The maximum absolute atomic E-state index is 13.0. The van der Waals surface area contributed by atoms with E-state index in [4.69, 9.17) is 9.47 Å². The van der Waals surface area contributed by atoms with E-state index in [0.29, 0.717) is 28.8 Å². The summed E-state index contributed by atoms with van der Waals surface area (Å²) in [5.41, 5.74) is 2.51. The fraction of sp³-hybridized carbons (Fsp3) is 0.519. The Kier molecular flexibility index (Phi) is 9.78. The second-order valence-electron chi connectivity index (χ2n) is 9.91. The van der Waals surface area contributed by atoms with E-state index in [1.165, 1.54) is 17.5 Å². The van der Waals surface area contributed by atoms with Crippen LogP contribution in [0, 0.1) is 11.8 Å². The zero-order chi connectivity index (χ0) is 22.4. The fourth-order valence-electron chi connectivity index (χ4n) is 4.90. The van der Waals surface area contributed by atoms with Gasteiger partial charge in [0.25, 0.3) is 0 Å². The van der Waals surface area contributed by atoms with E-state index in [1.807, 2.05) is 12.1 Å². The first-order valence-corrected chi connectivity index (χ1v) is 11.5. The van der Waals surface area contributed by atoms with Gasteiger partial charge in [-0.1, -0.05) is 50.6 Å². The number of carbonyl (C=O) groups excluding carboxylic acids is 1. The average Bonchev–Trinajstić information content (AvgIpc) is 2.74. The van der Waals surface area contributed by atoms with Gasteiger partial charge in [-0.3, -0.25) is 0 Å². The summed E-state index contributed by atoms with van der Waals surface area (Å²) in [6.07, 6.45) is 3.26. The number of benzene rings is 2. The highest BCUT2D eigenvalue weighted by Gasteiger charge is 2.36. The van der Waals surface area contributed by atoms with Crippen molar-refractivity contribution in [2.75, 3.05) is 27.7 Å². The van der Waals surface area contributed by atoms with Crippen LogP contribution in [0.5, 0.6) is 5.75 Å². The molecule has 0 radical (unpaired) electrons. The van der Waals surface area contributed by atoms with Gasteiger partial charge in [-0.05, 0) is 54.5 Å². The maximum atomic E-state index is 13.0. The number of nitrogens with zero attached hydrogens (tertiary/aromatic N) is 1. The lowest BCUT2D eigenvalue weighted by atomic mass is 9.73. The van der Waals surface area contributed by atoms with Gasteiger partial charge in [0.1, 0.15) is 18.4 Å². The standard InChI is InChI=1S/C27H38NO3.BrH/c1-20-11-16-25(21(2)23-9-7-6-8-10-23)26(17-20)31-27(29)19-28(3,4)18-22-12-14-24(30-5)15-13-22;/h6-10,12-15,20-21,25-26H,11,16-19H2,1-5H3;1H/q+1;/p-1/t20-,21-,25+,26-;/m1./s1. The van der Waals surface area contributed by atoms with Crippen molar-refractivity contribution in [3.63, 3.8) is 0 Å². The molecule has 0 spiro atoms. The van der Waals surface area contributed by atoms with Crippen molar-refractivity contribution in [3.05, 3.63) is 65.7 Å². The molecule has 0 bridgehead atoms. The van der Waals surface area contributed by atoms with E-state index in [0.717, 1.165) is 25.1 Å². The van der Waals surface area contributed by atoms with Gasteiger partial charge in [0.2, 0.25) is 0 Å². The molecule has 1 aliphatic carbocycles. The predicted molar refractivity (Wildman–Crippen MR) is 125 cm³/mol. The number of halogens is 1. The quantitative estimate of drug-likeness (QED) is 0.409. The topological polar surface area (TPSA) is 35.5 Å². The van der Waals surface area contributed by atoms with Crippen LogP contribution in [0.3, 0.4) is 0 Å². The Labute approximate surface area is 204 Å². The van der Waals surface area contributed by atoms with Crippen LogP contribution in [0.25, 0.3) is 0 Å². The summed E-state index contributed by atoms with van der Waals surface area (Å²) in [6.45, 7) is 5.68. The lowest BCUT2D eigenvalue weighted by Crippen LogP contribution is -3.00. The molecule has 0 aliphatic heterocycles. The third-order valence-corrected chi connectivity index (χ3v) is 6.68. The SMILES string of the molecule is COc1ccc(C[N+](C)(C)CC(=O)O[C@@H]2C[C@H](C)CC[C@H]2[C@H](C)c2ccccc2)cc1.[Br-]. The lowest BCUT2D eigenvalue weighted by Gasteiger charge is -2.38. The first kappa shape index (κ1) is 26.4. The number of methoxy groups -OCH3 is 1. The van der Waals surface area contributed by atoms with E-state index < -0.39 is 0 Å². The zero-order valence-electron chi connectivity index (χ0n) is 20.1. The number of rotatable bonds is 8. The highest BCUT2D eigenvalue weighted by Crippen LogP contribution is 2.39. The molecule has 4 nitrogen and oxygen atoms in total. The molecule has 0 aromatic heterocycles. The highest BCUT2D eigenvalue weighted by atomic mass is 79.9. The van der Waals surface area contributed by atoms with E-state index in [1.54, 1.807) is 7.11 Å². The third kappa shape index (κ3) is 7.35. The molecule has 0 unspecified atom stereocenters. The second kappa shape index (κ2) is 11.9. The number of likely N-dealkylation sites (N-methyl/N-ethyl adjacent to an activating group) is 1. The summed E-state index contributed by atoms with van der Waals surface area (Å²) >= 11 is 0. The molecule has 1 saturated carbocycles. The zero-order valence-corrected chi connectivity index (χ0v) is 21.7. The van der Waals surface area contributed by atoms with E-state index in [2.05, 4.69) is 70.4 Å². The van der Waals surface area contributed by atoms with Crippen LogP contribution in [0.15, 0.2) is 54.6 Å². The molecule has 176 valence electrons. The minimum absolute atomic E-state index is 0. The number of carbonyl (C=O) groups is 1. The van der Waals surface area contributed by atoms with Crippen LogP contribution in [-0.2, 0) is 16.1 Å². The van der Waals surface area contributed by atoms with E-state index >= 15 is 0 Å². The van der Waals surface area contributed by atoms with Crippen molar-refractivity contribution in [1.82, 2.24) is 0 Å². The van der Waals surface area contributed by atoms with Crippen molar-refractivity contribution < 1.29 is 35.7 Å². The Morgan fingerprint density at radius 3 is 2.34 bits per heavy atom. The molecule has 0 heterocycles. The molecule has 2 aromatic rings. The van der Waals surface area contributed by atoms with Gasteiger partial charge in [0.15, 0.2) is 6.54 Å². The minimum Gasteiger partial charge on any atom is -1.00 e. The minimum atomic E-state index is -0.0946. The number of hydrogen-bond acceptors (Lipinski definition) is 3. The molecule has 1 aliphatic rings. The van der Waals surface area contributed by atoms with Gasteiger partial charge in [-0.2, -0.15) is 0 Å². The van der Waals surface area contributed by atoms with E-state index in [-0.39, 0.29) is 29.1 Å². The Hall–Kier alpha value is -1.85. The van der Waals surface area contributed by atoms with Crippen molar-refractivity contribution >= 4 is 5.97 Å². The summed E-state index contributed by atoms with van der Waals surface area (Å²) < 4.78 is 12.0. The second-order valence-corrected chi connectivity index (χ2v) is 9.91. The summed E-state index contributed by atoms with van der Waals surface area (Å²) in [6, 6.07) is 18.7. The Balaban J connectivity index is 0.00000363. The van der Waals surface area contributed by atoms with Crippen LogP contribution < -0.4 is 21.7 Å². The normalized spacial score (nSPS) is 21.8. The first-order valence-electron chi connectivity index (χ1n) is 11.5. The molecule has 0 amide bonds. The summed E-state index contributed by atoms with van der Waals surface area (Å²) in [5, 5.41) is 0. The van der Waals surface area contributed by atoms with Gasteiger partial charge in [-0.15, -0.1) is 0 Å². The van der Waals surface area contributed by atoms with E-state index in [9.17, 15) is 4.79 Å². The van der Waals surface area contributed by atoms with Gasteiger partial charge >= 0.3 is 5.97 Å². The molecule has 0 saturated heterocycles. The van der Waals surface area contributed by atoms with Crippen LogP contribution in [0.1, 0.15) is 50.2 Å². The summed E-state index contributed by atoms with van der Waals surface area (Å²) in [7, 11) is 5.83. The maximum Gasteiger partial charge on any atom is 0.362 e. The van der Waals surface area contributed by atoms with Crippen molar-refractivity contribution in [2.45, 2.75) is 51.7 Å². The summed E-state index contributed by atoms with van der Waals surface area (Å²) in [4.78, 5) is 13.0. The van der Waals surface area contributed by atoms with Crippen molar-refractivity contribution in [2.24, 2.45) is 11.8 Å². The van der Waals surface area contributed by atoms with Crippen LogP contribution in [0.4, 0.5) is 0 Å². The Morgan fingerprint density at radius 1 is 1.06 bits per heavy atom. The van der Waals surface area contributed by atoms with Crippen LogP contribution in [0.2, 0.25) is 0 Å². The average molecular weight is 505 g/mol. The molecule has 5 heteroatoms.